The van der Waals surface area contributed by atoms with Crippen LogP contribution in [-0.2, 0) is 14.3 Å². The molecule has 0 saturated heterocycles. The van der Waals surface area contributed by atoms with Crippen molar-refractivity contribution in [2.45, 2.75) is 13.8 Å². The molecule has 0 aliphatic rings. The van der Waals surface area contributed by atoms with Crippen LogP contribution in [0.2, 0.25) is 0 Å². The Morgan fingerprint density at radius 1 is 1.07 bits per heavy atom. The van der Waals surface area contributed by atoms with E-state index in [-0.39, 0.29) is 24.4 Å². The van der Waals surface area contributed by atoms with Crippen LogP contribution < -0.4 is 14.8 Å². The van der Waals surface area contributed by atoms with Crippen molar-refractivity contribution >= 4 is 28.4 Å². The summed E-state index contributed by atoms with van der Waals surface area (Å²) in [7, 11) is 3.01. The zero-order valence-corrected chi connectivity index (χ0v) is 16.7. The number of rotatable bonds is 8. The van der Waals surface area contributed by atoms with Gasteiger partial charge < -0.3 is 24.3 Å². The number of ether oxygens (including phenoxy) is 4. The number of carbonyl (C=O) groups excluding carboxylic acids is 2. The SMILES string of the molecule is CCOC(=O)/C(C#N)=C\Nc1cc(C(=O)OCC)cc2c(OC)c(OC)ccc12. The first-order valence-corrected chi connectivity index (χ1v) is 8.90. The summed E-state index contributed by atoms with van der Waals surface area (Å²) < 4.78 is 20.7. The summed E-state index contributed by atoms with van der Waals surface area (Å²) in [5.41, 5.74) is 0.544. The quantitative estimate of drug-likeness (QED) is 0.409. The molecule has 0 saturated carbocycles. The highest BCUT2D eigenvalue weighted by atomic mass is 16.5. The Balaban J connectivity index is 2.64. The second-order valence-electron chi connectivity index (χ2n) is 5.68. The van der Waals surface area contributed by atoms with E-state index in [0.717, 1.165) is 0 Å². The Morgan fingerprint density at radius 3 is 2.38 bits per heavy atom. The molecule has 1 N–H and O–H groups in total. The van der Waals surface area contributed by atoms with Crippen molar-refractivity contribution in [1.29, 1.82) is 5.26 Å². The summed E-state index contributed by atoms with van der Waals surface area (Å²) in [6.07, 6.45) is 1.23. The summed E-state index contributed by atoms with van der Waals surface area (Å²) in [5, 5.41) is 13.4. The molecular weight excluding hydrogens is 376 g/mol. The second kappa shape index (κ2) is 9.99. The molecule has 2 aromatic carbocycles. The maximum absolute atomic E-state index is 12.3. The smallest absolute Gasteiger partial charge is 0.350 e. The molecule has 8 heteroatoms. The number of benzene rings is 2. The van der Waals surface area contributed by atoms with Crippen LogP contribution in [0.1, 0.15) is 24.2 Å². The number of anilines is 1. The third-order valence-corrected chi connectivity index (χ3v) is 3.97. The summed E-state index contributed by atoms with van der Waals surface area (Å²) >= 11 is 0. The minimum Gasteiger partial charge on any atom is -0.493 e. The van der Waals surface area contributed by atoms with Crippen LogP contribution in [0.3, 0.4) is 0 Å². The maximum Gasteiger partial charge on any atom is 0.350 e. The van der Waals surface area contributed by atoms with Crippen LogP contribution in [0.25, 0.3) is 10.8 Å². The molecule has 0 amide bonds. The number of nitrogens with zero attached hydrogens (tertiary/aromatic N) is 1. The molecule has 0 aliphatic heterocycles. The average molecular weight is 398 g/mol. The van der Waals surface area contributed by atoms with Crippen LogP contribution in [0.5, 0.6) is 11.5 Å². The Bertz CT molecular complexity index is 991. The van der Waals surface area contributed by atoms with E-state index in [1.54, 1.807) is 44.2 Å². The van der Waals surface area contributed by atoms with Crippen molar-refractivity contribution in [2.75, 3.05) is 32.8 Å². The Kier molecular flexibility index (Phi) is 7.43. The zero-order valence-electron chi connectivity index (χ0n) is 16.7. The van der Waals surface area contributed by atoms with E-state index < -0.39 is 11.9 Å². The summed E-state index contributed by atoms with van der Waals surface area (Å²) in [4.78, 5) is 24.2. The van der Waals surface area contributed by atoms with E-state index in [2.05, 4.69) is 5.32 Å². The van der Waals surface area contributed by atoms with E-state index in [1.807, 2.05) is 0 Å². The normalized spacial score (nSPS) is 10.8. The summed E-state index contributed by atoms with van der Waals surface area (Å²) in [5.74, 6) is -0.328. The van der Waals surface area contributed by atoms with Gasteiger partial charge in [0.25, 0.3) is 0 Å². The molecule has 0 heterocycles. The fraction of sp³-hybridized carbons (Fsp3) is 0.286. The highest BCUT2D eigenvalue weighted by molar-refractivity contribution is 6.05. The molecule has 0 radical (unpaired) electrons. The van der Waals surface area contributed by atoms with Gasteiger partial charge in [-0.25, -0.2) is 9.59 Å². The molecule has 8 nitrogen and oxygen atoms in total. The van der Waals surface area contributed by atoms with Gasteiger partial charge in [-0.05, 0) is 38.1 Å². The Labute approximate surface area is 168 Å². The highest BCUT2D eigenvalue weighted by Crippen LogP contribution is 2.39. The van der Waals surface area contributed by atoms with Gasteiger partial charge in [0.1, 0.15) is 6.07 Å². The van der Waals surface area contributed by atoms with Gasteiger partial charge in [0.2, 0.25) is 0 Å². The first kappa shape index (κ1) is 21.6. The number of carbonyl (C=O) groups is 2. The second-order valence-corrected chi connectivity index (χ2v) is 5.68. The van der Waals surface area contributed by atoms with Crippen molar-refractivity contribution in [1.82, 2.24) is 0 Å². The molecule has 2 rings (SSSR count). The lowest BCUT2D eigenvalue weighted by molar-refractivity contribution is -0.138. The molecule has 0 unspecified atom stereocenters. The first-order valence-electron chi connectivity index (χ1n) is 8.90. The molecule has 0 aliphatic carbocycles. The van der Waals surface area contributed by atoms with Crippen LogP contribution in [0.15, 0.2) is 36.0 Å². The van der Waals surface area contributed by atoms with Crippen LogP contribution in [0, 0.1) is 11.3 Å². The average Bonchev–Trinajstić information content (AvgIpc) is 2.73. The number of nitriles is 1. The van der Waals surface area contributed by atoms with Gasteiger partial charge in [-0.15, -0.1) is 0 Å². The molecule has 0 aromatic heterocycles. The molecule has 0 fully saturated rings. The Morgan fingerprint density at radius 2 is 1.79 bits per heavy atom. The van der Waals surface area contributed by atoms with Crippen molar-refractivity contribution in [2.24, 2.45) is 0 Å². The van der Waals surface area contributed by atoms with E-state index in [4.69, 9.17) is 18.9 Å². The number of hydrogen-bond acceptors (Lipinski definition) is 8. The van der Waals surface area contributed by atoms with Gasteiger partial charge in [0, 0.05) is 22.7 Å². The third-order valence-electron chi connectivity index (χ3n) is 3.97. The summed E-state index contributed by atoms with van der Waals surface area (Å²) in [6, 6.07) is 8.50. The first-order chi connectivity index (χ1) is 14.0. The lowest BCUT2D eigenvalue weighted by atomic mass is 10.0. The topological polar surface area (TPSA) is 107 Å². The number of hydrogen-bond donors (Lipinski definition) is 1. The van der Waals surface area contributed by atoms with Crippen LogP contribution in [-0.4, -0.2) is 39.4 Å². The maximum atomic E-state index is 12.3. The Hall–Kier alpha value is -3.73. The molecule has 0 bridgehead atoms. The standard InChI is InChI=1S/C21H22N2O6/c1-5-28-20(24)13-9-16-15(7-8-18(26-3)19(16)27-4)17(10-13)23-12-14(11-22)21(25)29-6-2/h7-10,12,23H,5-6H2,1-4H3/b14-12-. The third kappa shape index (κ3) is 4.76. The van der Waals surface area contributed by atoms with Gasteiger partial charge in [-0.3, -0.25) is 0 Å². The monoisotopic (exact) mass is 398 g/mol. The molecule has 2 aromatic rings. The number of nitrogens with one attached hydrogen (secondary N) is 1. The fourth-order valence-corrected chi connectivity index (χ4v) is 2.71. The predicted octanol–water partition coefficient (Wildman–Crippen LogP) is 3.42. The van der Waals surface area contributed by atoms with Crippen molar-refractivity contribution in [3.05, 3.63) is 41.6 Å². The number of esters is 2. The number of methoxy groups -OCH3 is 2. The van der Waals surface area contributed by atoms with E-state index in [9.17, 15) is 14.9 Å². The minimum atomic E-state index is -0.743. The molecule has 152 valence electrons. The van der Waals surface area contributed by atoms with Gasteiger partial charge in [-0.2, -0.15) is 5.26 Å². The van der Waals surface area contributed by atoms with E-state index in [0.29, 0.717) is 28.0 Å². The predicted molar refractivity (Wildman–Crippen MR) is 107 cm³/mol. The van der Waals surface area contributed by atoms with Gasteiger partial charge in [0.15, 0.2) is 17.1 Å². The van der Waals surface area contributed by atoms with Crippen LogP contribution >= 0.6 is 0 Å². The van der Waals surface area contributed by atoms with Gasteiger partial charge in [0.05, 0.1) is 33.0 Å². The van der Waals surface area contributed by atoms with Gasteiger partial charge in [-0.1, -0.05) is 0 Å². The molecule has 29 heavy (non-hydrogen) atoms. The largest absolute Gasteiger partial charge is 0.493 e. The van der Waals surface area contributed by atoms with Gasteiger partial charge >= 0.3 is 11.9 Å². The molecule has 0 spiro atoms. The van der Waals surface area contributed by atoms with E-state index >= 15 is 0 Å². The van der Waals surface area contributed by atoms with Crippen molar-refractivity contribution in [3.63, 3.8) is 0 Å². The number of fused-ring (bicyclic) bond motifs is 1. The lowest BCUT2D eigenvalue weighted by Crippen LogP contribution is -2.09. The molecule has 0 atom stereocenters. The van der Waals surface area contributed by atoms with Crippen molar-refractivity contribution in [3.8, 4) is 17.6 Å². The van der Waals surface area contributed by atoms with Crippen LogP contribution in [0.4, 0.5) is 5.69 Å². The zero-order chi connectivity index (χ0) is 21.4. The highest BCUT2D eigenvalue weighted by Gasteiger charge is 2.17. The minimum absolute atomic E-state index is 0.149. The van der Waals surface area contributed by atoms with Crippen molar-refractivity contribution < 1.29 is 28.5 Å². The fourth-order valence-electron chi connectivity index (χ4n) is 2.71. The molecular formula is C21H22N2O6. The lowest BCUT2D eigenvalue weighted by Gasteiger charge is -2.15. The van der Waals surface area contributed by atoms with E-state index in [1.165, 1.54) is 20.4 Å². The summed E-state index contributed by atoms with van der Waals surface area (Å²) in [6.45, 7) is 3.73.